The fraction of sp³-hybridized carbons (Fsp3) is 0.412. The van der Waals surface area contributed by atoms with Crippen LogP contribution >= 0.6 is 11.8 Å². The highest BCUT2D eigenvalue weighted by atomic mass is 32.2. The van der Waals surface area contributed by atoms with Gasteiger partial charge >= 0.3 is 0 Å². The van der Waals surface area contributed by atoms with Crippen molar-refractivity contribution in [2.75, 3.05) is 6.54 Å². The third-order valence-electron chi connectivity index (χ3n) is 3.49. The van der Waals surface area contributed by atoms with Crippen molar-refractivity contribution in [3.63, 3.8) is 0 Å². The Morgan fingerprint density at radius 3 is 2.96 bits per heavy atom. The quantitative estimate of drug-likeness (QED) is 0.886. The Kier molecular flexibility index (Phi) is 4.61. The number of rotatable bonds is 4. The standard InChI is InChI=1S/C17H22N4OS/c1-17(2,3)14-11-19-15(22-14)5-4-13-10-20-16(23-13)21-12-6-8-18-9-7-12/h4-6,8,10-11,16,20-21H,7,9H2,1-3H3/b5-4+. The molecule has 1 aromatic rings. The van der Waals surface area contributed by atoms with Gasteiger partial charge in [0.15, 0.2) is 0 Å². The first-order chi connectivity index (χ1) is 11.0. The molecule has 0 saturated carbocycles. The molecule has 1 atom stereocenters. The van der Waals surface area contributed by atoms with Crippen LogP contribution in [0.5, 0.6) is 0 Å². The van der Waals surface area contributed by atoms with Gasteiger partial charge in [-0.2, -0.15) is 0 Å². The molecule has 0 amide bonds. The van der Waals surface area contributed by atoms with Crippen LogP contribution < -0.4 is 10.6 Å². The predicted octanol–water partition coefficient (Wildman–Crippen LogP) is 3.39. The number of hydrogen-bond donors (Lipinski definition) is 2. The van der Waals surface area contributed by atoms with E-state index in [1.807, 2.05) is 30.6 Å². The van der Waals surface area contributed by atoms with E-state index in [1.165, 1.54) is 5.70 Å². The number of allylic oxidation sites excluding steroid dienone is 2. The Hall–Kier alpha value is -1.95. The topological polar surface area (TPSA) is 62.5 Å². The Labute approximate surface area is 141 Å². The van der Waals surface area contributed by atoms with Gasteiger partial charge < -0.3 is 15.1 Å². The molecule has 0 spiro atoms. The van der Waals surface area contributed by atoms with Crippen LogP contribution in [0.25, 0.3) is 6.08 Å². The minimum absolute atomic E-state index is 0.0198. The zero-order valence-electron chi connectivity index (χ0n) is 13.7. The van der Waals surface area contributed by atoms with E-state index in [1.54, 1.807) is 18.0 Å². The number of oxazole rings is 1. The van der Waals surface area contributed by atoms with E-state index in [0.717, 1.165) is 23.6 Å². The number of thioether (sulfide) groups is 1. The lowest BCUT2D eigenvalue weighted by molar-refractivity contribution is 0.403. The molecule has 0 radical (unpaired) electrons. The highest BCUT2D eigenvalue weighted by Gasteiger charge is 2.19. The molecular formula is C17H22N4OS. The van der Waals surface area contributed by atoms with Crippen LogP contribution in [0.4, 0.5) is 0 Å². The van der Waals surface area contributed by atoms with Gasteiger partial charge in [-0.3, -0.25) is 4.99 Å². The lowest BCUT2D eigenvalue weighted by Crippen LogP contribution is -2.34. The number of aliphatic imine (C=N–C) groups is 1. The first-order valence-electron chi connectivity index (χ1n) is 7.73. The third kappa shape index (κ3) is 4.28. The fourth-order valence-corrected chi connectivity index (χ4v) is 3.06. The van der Waals surface area contributed by atoms with Crippen LogP contribution in [0.1, 0.15) is 38.8 Å². The summed E-state index contributed by atoms with van der Waals surface area (Å²) < 4.78 is 5.76. The first-order valence-corrected chi connectivity index (χ1v) is 8.61. The van der Waals surface area contributed by atoms with Crippen LogP contribution in [0.3, 0.4) is 0 Å². The molecule has 122 valence electrons. The van der Waals surface area contributed by atoms with Crippen LogP contribution in [-0.2, 0) is 5.41 Å². The molecule has 6 heteroatoms. The molecule has 1 unspecified atom stereocenters. The largest absolute Gasteiger partial charge is 0.441 e. The van der Waals surface area contributed by atoms with Crippen LogP contribution in [0, 0.1) is 0 Å². The highest BCUT2D eigenvalue weighted by molar-refractivity contribution is 8.04. The van der Waals surface area contributed by atoms with Crippen molar-refractivity contribution < 1.29 is 4.42 Å². The Morgan fingerprint density at radius 2 is 2.26 bits per heavy atom. The lowest BCUT2D eigenvalue weighted by atomic mass is 9.94. The molecule has 3 heterocycles. The van der Waals surface area contributed by atoms with Gasteiger partial charge in [0.05, 0.1) is 6.20 Å². The van der Waals surface area contributed by atoms with E-state index < -0.39 is 0 Å². The molecular weight excluding hydrogens is 308 g/mol. The van der Waals surface area contributed by atoms with Gasteiger partial charge in [0, 0.05) is 47.5 Å². The van der Waals surface area contributed by atoms with Crippen molar-refractivity contribution in [1.29, 1.82) is 0 Å². The number of nitrogens with one attached hydrogen (secondary N) is 2. The Bertz CT molecular complexity index is 679. The van der Waals surface area contributed by atoms with Crippen molar-refractivity contribution in [2.24, 2.45) is 4.99 Å². The van der Waals surface area contributed by atoms with Gasteiger partial charge in [-0.25, -0.2) is 4.98 Å². The molecule has 0 fully saturated rings. The number of dihydropyridines is 1. The number of aromatic nitrogens is 1. The maximum atomic E-state index is 5.76. The van der Waals surface area contributed by atoms with E-state index in [9.17, 15) is 0 Å². The second kappa shape index (κ2) is 6.66. The minimum Gasteiger partial charge on any atom is -0.441 e. The van der Waals surface area contributed by atoms with Crippen LogP contribution in [0.2, 0.25) is 0 Å². The van der Waals surface area contributed by atoms with E-state index in [-0.39, 0.29) is 10.9 Å². The normalized spacial score (nSPS) is 21.3. The zero-order valence-corrected chi connectivity index (χ0v) is 14.5. The van der Waals surface area contributed by atoms with E-state index in [2.05, 4.69) is 41.4 Å². The van der Waals surface area contributed by atoms with Crippen LogP contribution in [-0.4, -0.2) is 23.2 Å². The smallest absolute Gasteiger partial charge is 0.218 e. The van der Waals surface area contributed by atoms with E-state index >= 15 is 0 Å². The van der Waals surface area contributed by atoms with Crippen molar-refractivity contribution in [1.82, 2.24) is 15.6 Å². The van der Waals surface area contributed by atoms with Gasteiger partial charge in [0.1, 0.15) is 11.3 Å². The molecule has 3 rings (SSSR count). The maximum absolute atomic E-state index is 5.76. The third-order valence-corrected chi connectivity index (χ3v) is 4.51. The lowest BCUT2D eigenvalue weighted by Gasteiger charge is -2.17. The van der Waals surface area contributed by atoms with Gasteiger partial charge in [0.25, 0.3) is 0 Å². The Balaban J connectivity index is 1.54. The molecule has 2 N–H and O–H groups in total. The SMILES string of the molecule is CC(C)(C)c1cnc(/C=C/C2=CNC(NC3=CC=NCC3)S2)o1. The van der Waals surface area contributed by atoms with Crippen molar-refractivity contribution in [2.45, 2.75) is 38.1 Å². The van der Waals surface area contributed by atoms with E-state index in [4.69, 9.17) is 4.42 Å². The van der Waals surface area contributed by atoms with Crippen molar-refractivity contribution in [3.05, 3.63) is 46.8 Å². The molecule has 2 aliphatic rings. The summed E-state index contributed by atoms with van der Waals surface area (Å²) >= 11 is 1.73. The molecule has 0 aliphatic carbocycles. The van der Waals surface area contributed by atoms with Gasteiger partial charge in [0.2, 0.25) is 5.89 Å². The molecule has 0 bridgehead atoms. The average molecular weight is 330 g/mol. The van der Waals surface area contributed by atoms with Crippen molar-refractivity contribution in [3.8, 4) is 0 Å². The van der Waals surface area contributed by atoms with Gasteiger partial charge in [-0.15, -0.1) is 0 Å². The van der Waals surface area contributed by atoms with Crippen LogP contribution in [0.15, 0.2) is 44.6 Å². The maximum Gasteiger partial charge on any atom is 0.218 e. The summed E-state index contributed by atoms with van der Waals surface area (Å²) in [4.78, 5) is 9.64. The molecule has 5 nitrogen and oxygen atoms in total. The second-order valence-electron chi connectivity index (χ2n) is 6.50. The predicted molar refractivity (Wildman–Crippen MR) is 96.0 cm³/mol. The summed E-state index contributed by atoms with van der Waals surface area (Å²) in [5.74, 6) is 1.54. The molecule has 2 aliphatic heterocycles. The number of hydrogen-bond acceptors (Lipinski definition) is 6. The monoisotopic (exact) mass is 330 g/mol. The van der Waals surface area contributed by atoms with Gasteiger partial charge in [-0.05, 0) is 12.2 Å². The summed E-state index contributed by atoms with van der Waals surface area (Å²) in [6.45, 7) is 7.19. The summed E-state index contributed by atoms with van der Waals surface area (Å²) in [5.41, 5.74) is 1.35. The number of nitrogens with zero attached hydrogens (tertiary/aromatic N) is 2. The summed E-state index contributed by atoms with van der Waals surface area (Å²) in [6.07, 6.45) is 12.6. The van der Waals surface area contributed by atoms with Crippen molar-refractivity contribution >= 4 is 24.1 Å². The first kappa shape index (κ1) is 15.9. The molecule has 0 saturated heterocycles. The molecule has 1 aromatic heterocycles. The molecule has 23 heavy (non-hydrogen) atoms. The zero-order chi connectivity index (χ0) is 16.3. The fourth-order valence-electron chi connectivity index (χ4n) is 2.16. The Morgan fingerprint density at radius 1 is 1.39 bits per heavy atom. The van der Waals surface area contributed by atoms with E-state index in [0.29, 0.717) is 5.89 Å². The minimum atomic E-state index is -0.0198. The average Bonchev–Trinajstić information content (AvgIpc) is 3.15. The van der Waals surface area contributed by atoms with Gasteiger partial charge in [-0.1, -0.05) is 32.5 Å². The summed E-state index contributed by atoms with van der Waals surface area (Å²) in [5, 5.41) is 6.79. The highest BCUT2D eigenvalue weighted by Crippen LogP contribution is 2.27. The second-order valence-corrected chi connectivity index (χ2v) is 7.68. The summed E-state index contributed by atoms with van der Waals surface area (Å²) in [6, 6.07) is 0. The molecule has 0 aromatic carbocycles. The summed E-state index contributed by atoms with van der Waals surface area (Å²) in [7, 11) is 0.